The van der Waals surface area contributed by atoms with E-state index in [1.54, 1.807) is 0 Å². The van der Waals surface area contributed by atoms with Crippen molar-refractivity contribution in [2.45, 2.75) is 39.7 Å². The van der Waals surface area contributed by atoms with Gasteiger partial charge in [0.1, 0.15) is 0 Å². The van der Waals surface area contributed by atoms with Crippen LogP contribution in [-0.4, -0.2) is 6.04 Å². The van der Waals surface area contributed by atoms with Crippen molar-refractivity contribution in [3.8, 4) is 0 Å². The highest BCUT2D eigenvalue weighted by Gasteiger charge is 1.94. The molecule has 1 aromatic carbocycles. The second-order valence-corrected chi connectivity index (χ2v) is 3.00. The highest BCUT2D eigenvalue weighted by Crippen LogP contribution is 2.02. The molecule has 0 spiro atoms. The SMILES string of the molecule is CC.CC(N)CCc1ccccc1. The summed E-state index contributed by atoms with van der Waals surface area (Å²) in [4.78, 5) is 0. The molecule has 0 aliphatic rings. The predicted molar refractivity (Wildman–Crippen MR) is 59.8 cm³/mol. The van der Waals surface area contributed by atoms with Crippen LogP contribution in [0.25, 0.3) is 0 Å². The van der Waals surface area contributed by atoms with E-state index in [0.717, 1.165) is 12.8 Å². The van der Waals surface area contributed by atoms with Gasteiger partial charge in [0.2, 0.25) is 0 Å². The second-order valence-electron chi connectivity index (χ2n) is 3.00. The number of nitrogens with two attached hydrogens (primary N) is 1. The summed E-state index contributed by atoms with van der Waals surface area (Å²) in [6.07, 6.45) is 2.17. The van der Waals surface area contributed by atoms with Crippen LogP contribution < -0.4 is 5.73 Å². The molecule has 0 aliphatic heterocycles. The van der Waals surface area contributed by atoms with E-state index in [1.165, 1.54) is 5.56 Å². The maximum atomic E-state index is 5.64. The monoisotopic (exact) mass is 179 g/mol. The standard InChI is InChI=1S/C10H15N.C2H6/c1-9(11)7-8-10-5-3-2-4-6-10;1-2/h2-6,9H,7-8,11H2,1H3;1-2H3. The highest BCUT2D eigenvalue weighted by molar-refractivity contribution is 5.14. The average Bonchev–Trinajstić information content (AvgIpc) is 2.19. The van der Waals surface area contributed by atoms with Gasteiger partial charge in [-0.15, -0.1) is 0 Å². The minimum Gasteiger partial charge on any atom is -0.328 e. The van der Waals surface area contributed by atoms with Crippen LogP contribution in [0.4, 0.5) is 0 Å². The van der Waals surface area contributed by atoms with Crippen LogP contribution in [0, 0.1) is 0 Å². The number of hydrogen-bond donors (Lipinski definition) is 1. The molecule has 0 bridgehead atoms. The topological polar surface area (TPSA) is 26.0 Å². The summed E-state index contributed by atoms with van der Waals surface area (Å²) in [6, 6.07) is 10.8. The van der Waals surface area contributed by atoms with E-state index in [2.05, 4.69) is 24.3 Å². The zero-order valence-electron chi connectivity index (χ0n) is 8.96. The van der Waals surface area contributed by atoms with Crippen molar-refractivity contribution in [1.29, 1.82) is 0 Å². The van der Waals surface area contributed by atoms with Crippen molar-refractivity contribution in [2.24, 2.45) is 5.73 Å². The van der Waals surface area contributed by atoms with E-state index < -0.39 is 0 Å². The lowest BCUT2D eigenvalue weighted by Gasteiger charge is -2.03. The molecule has 0 aliphatic carbocycles. The van der Waals surface area contributed by atoms with Crippen LogP contribution in [0.1, 0.15) is 32.8 Å². The largest absolute Gasteiger partial charge is 0.328 e. The first-order valence-electron chi connectivity index (χ1n) is 5.08. The molecular weight excluding hydrogens is 158 g/mol. The first kappa shape index (κ1) is 12.2. The van der Waals surface area contributed by atoms with Crippen molar-refractivity contribution >= 4 is 0 Å². The van der Waals surface area contributed by atoms with Gasteiger partial charge in [-0.2, -0.15) is 0 Å². The first-order chi connectivity index (χ1) is 6.29. The minimum atomic E-state index is 0.315. The fourth-order valence-electron chi connectivity index (χ4n) is 1.04. The molecule has 1 nitrogen and oxygen atoms in total. The third kappa shape index (κ3) is 6.35. The van der Waals surface area contributed by atoms with Crippen molar-refractivity contribution in [2.75, 3.05) is 0 Å². The summed E-state index contributed by atoms with van der Waals surface area (Å²) < 4.78 is 0. The summed E-state index contributed by atoms with van der Waals surface area (Å²) in [6.45, 7) is 6.04. The zero-order chi connectivity index (χ0) is 10.1. The molecule has 0 fully saturated rings. The summed E-state index contributed by atoms with van der Waals surface area (Å²) in [7, 11) is 0. The van der Waals surface area contributed by atoms with Crippen LogP contribution in [0.2, 0.25) is 0 Å². The molecule has 1 aromatic rings. The molecule has 13 heavy (non-hydrogen) atoms. The second kappa shape index (κ2) is 7.81. The number of aryl methyl sites for hydroxylation is 1. The van der Waals surface area contributed by atoms with Gasteiger partial charge in [-0.3, -0.25) is 0 Å². The van der Waals surface area contributed by atoms with Crippen LogP contribution in [0.15, 0.2) is 30.3 Å². The Labute approximate surface area is 82.0 Å². The Kier molecular flexibility index (Phi) is 7.32. The summed E-state index contributed by atoms with van der Waals surface area (Å²) >= 11 is 0. The molecule has 1 rings (SSSR count). The van der Waals surface area contributed by atoms with E-state index in [0.29, 0.717) is 6.04 Å². The van der Waals surface area contributed by atoms with Crippen LogP contribution >= 0.6 is 0 Å². The molecular formula is C12H21N. The summed E-state index contributed by atoms with van der Waals surface area (Å²) in [5.41, 5.74) is 7.02. The van der Waals surface area contributed by atoms with Gasteiger partial charge in [-0.05, 0) is 25.3 Å². The Morgan fingerprint density at radius 3 is 2.15 bits per heavy atom. The molecule has 0 saturated carbocycles. The number of benzene rings is 1. The first-order valence-corrected chi connectivity index (χ1v) is 5.08. The molecule has 0 amide bonds. The lowest BCUT2D eigenvalue weighted by atomic mass is 10.1. The zero-order valence-corrected chi connectivity index (χ0v) is 8.96. The van der Waals surface area contributed by atoms with Crippen LogP contribution in [0.3, 0.4) is 0 Å². The fourth-order valence-corrected chi connectivity index (χ4v) is 1.04. The van der Waals surface area contributed by atoms with Gasteiger partial charge in [0.05, 0.1) is 0 Å². The number of hydrogen-bond acceptors (Lipinski definition) is 1. The van der Waals surface area contributed by atoms with Gasteiger partial charge in [-0.1, -0.05) is 44.2 Å². The maximum absolute atomic E-state index is 5.64. The Morgan fingerprint density at radius 1 is 1.15 bits per heavy atom. The van der Waals surface area contributed by atoms with E-state index in [-0.39, 0.29) is 0 Å². The van der Waals surface area contributed by atoms with Gasteiger partial charge in [-0.25, -0.2) is 0 Å². The van der Waals surface area contributed by atoms with Crippen molar-refractivity contribution in [3.05, 3.63) is 35.9 Å². The van der Waals surface area contributed by atoms with Gasteiger partial charge in [0, 0.05) is 6.04 Å². The van der Waals surface area contributed by atoms with Crippen LogP contribution in [-0.2, 0) is 6.42 Å². The van der Waals surface area contributed by atoms with Crippen LogP contribution in [0.5, 0.6) is 0 Å². The summed E-state index contributed by atoms with van der Waals surface area (Å²) in [5, 5.41) is 0. The van der Waals surface area contributed by atoms with E-state index in [4.69, 9.17) is 5.73 Å². The maximum Gasteiger partial charge on any atom is 0.00136 e. The fraction of sp³-hybridized carbons (Fsp3) is 0.500. The number of rotatable bonds is 3. The van der Waals surface area contributed by atoms with E-state index >= 15 is 0 Å². The van der Waals surface area contributed by atoms with Gasteiger partial charge < -0.3 is 5.73 Å². The van der Waals surface area contributed by atoms with E-state index in [9.17, 15) is 0 Å². The molecule has 2 N–H and O–H groups in total. The third-order valence-electron chi connectivity index (χ3n) is 1.73. The van der Waals surface area contributed by atoms with Crippen molar-refractivity contribution in [1.82, 2.24) is 0 Å². The molecule has 1 heteroatoms. The Hall–Kier alpha value is -0.820. The highest BCUT2D eigenvalue weighted by atomic mass is 14.6. The third-order valence-corrected chi connectivity index (χ3v) is 1.73. The quantitative estimate of drug-likeness (QED) is 0.758. The minimum absolute atomic E-state index is 0.315. The Balaban J connectivity index is 0.000000671. The molecule has 0 heterocycles. The lowest BCUT2D eigenvalue weighted by Crippen LogP contribution is -2.15. The molecule has 1 atom stereocenters. The summed E-state index contributed by atoms with van der Waals surface area (Å²) in [5.74, 6) is 0. The Morgan fingerprint density at radius 2 is 1.69 bits per heavy atom. The molecule has 74 valence electrons. The molecule has 0 aromatic heterocycles. The smallest absolute Gasteiger partial charge is 0.00136 e. The molecule has 0 saturated heterocycles. The predicted octanol–water partition coefficient (Wildman–Crippen LogP) is 2.99. The van der Waals surface area contributed by atoms with Crippen molar-refractivity contribution in [3.63, 3.8) is 0 Å². The molecule has 0 radical (unpaired) electrons. The average molecular weight is 179 g/mol. The molecule has 1 unspecified atom stereocenters. The van der Waals surface area contributed by atoms with Gasteiger partial charge in [0.25, 0.3) is 0 Å². The van der Waals surface area contributed by atoms with Crippen molar-refractivity contribution < 1.29 is 0 Å². The lowest BCUT2D eigenvalue weighted by molar-refractivity contribution is 0.666. The van der Waals surface area contributed by atoms with E-state index in [1.807, 2.05) is 26.8 Å². The normalized spacial score (nSPS) is 11.4. The van der Waals surface area contributed by atoms with Gasteiger partial charge >= 0.3 is 0 Å². The van der Waals surface area contributed by atoms with Gasteiger partial charge in [0.15, 0.2) is 0 Å². The Bertz CT molecular complexity index is 192.